The molecule has 206 valence electrons. The molecule has 2 saturated heterocycles. The van der Waals surface area contributed by atoms with Gasteiger partial charge in [-0.15, -0.1) is 0 Å². The molecule has 0 radical (unpaired) electrons. The minimum absolute atomic E-state index is 0.0643. The first-order valence-electron chi connectivity index (χ1n) is 13.6. The third-order valence-corrected chi connectivity index (χ3v) is 10.3. The average Bonchev–Trinajstić information content (AvgIpc) is 3.22. The Labute approximate surface area is 236 Å². The van der Waals surface area contributed by atoms with E-state index in [1.165, 1.54) is 11.8 Å². The van der Waals surface area contributed by atoms with Crippen molar-refractivity contribution in [3.8, 4) is 0 Å². The third-order valence-electron chi connectivity index (χ3n) is 8.77. The van der Waals surface area contributed by atoms with Crippen LogP contribution in [-0.4, -0.2) is 57.1 Å². The number of fused-ring (bicyclic) bond motifs is 1. The van der Waals surface area contributed by atoms with Gasteiger partial charge in [0, 0.05) is 48.8 Å². The monoisotopic (exact) mass is 568 g/mol. The summed E-state index contributed by atoms with van der Waals surface area (Å²) in [5.41, 5.74) is 6.93. The molecule has 11 heteroatoms. The molecule has 2 aliphatic heterocycles. The van der Waals surface area contributed by atoms with Crippen molar-refractivity contribution in [2.24, 2.45) is 17.1 Å². The first kappa shape index (κ1) is 26.7. The third kappa shape index (κ3) is 5.19. The lowest BCUT2D eigenvalue weighted by atomic mass is 9.73. The van der Waals surface area contributed by atoms with Gasteiger partial charge in [0.15, 0.2) is 0 Å². The molecule has 0 bridgehead atoms. The summed E-state index contributed by atoms with van der Waals surface area (Å²) in [5, 5.41) is 1.48. The fraction of sp³-hybridized carbons (Fsp3) is 0.536. The zero-order valence-electron chi connectivity index (χ0n) is 22.0. The molecule has 39 heavy (non-hydrogen) atoms. The lowest BCUT2D eigenvalue weighted by Crippen LogP contribution is -2.50. The van der Waals surface area contributed by atoms with E-state index in [9.17, 15) is 9.59 Å². The molecule has 3 fully saturated rings. The van der Waals surface area contributed by atoms with Crippen molar-refractivity contribution in [2.75, 3.05) is 24.6 Å². The van der Waals surface area contributed by atoms with Gasteiger partial charge in [0.2, 0.25) is 0 Å². The number of benzene rings is 1. The highest BCUT2D eigenvalue weighted by atomic mass is 35.5. The number of anilines is 1. The highest BCUT2D eigenvalue weighted by molar-refractivity contribution is 7.99. The SMILES string of the molecule is C[C@@H]1OCC2(CCN(c3cnc(Sc4ccc5ncn(CC6CCC(=O)CC6)c(=O)c5c4Cl)cn3)CC2)[C@@H]1N. The number of nitrogens with two attached hydrogens (primary N) is 1. The first-order valence-corrected chi connectivity index (χ1v) is 14.8. The minimum atomic E-state index is -0.157. The summed E-state index contributed by atoms with van der Waals surface area (Å²) in [4.78, 5) is 41.7. The van der Waals surface area contributed by atoms with Gasteiger partial charge in [0.1, 0.15) is 16.6 Å². The summed E-state index contributed by atoms with van der Waals surface area (Å²) < 4.78 is 7.47. The predicted octanol–water partition coefficient (Wildman–Crippen LogP) is 4.08. The first-order chi connectivity index (χ1) is 18.8. The number of hydrogen-bond acceptors (Lipinski definition) is 9. The highest BCUT2D eigenvalue weighted by Crippen LogP contribution is 2.42. The Morgan fingerprint density at radius 1 is 1.13 bits per heavy atom. The van der Waals surface area contributed by atoms with Crippen LogP contribution in [0.25, 0.3) is 10.9 Å². The Kier molecular flexibility index (Phi) is 7.39. The predicted molar refractivity (Wildman–Crippen MR) is 151 cm³/mol. The van der Waals surface area contributed by atoms with Gasteiger partial charge >= 0.3 is 0 Å². The molecular weight excluding hydrogens is 536 g/mol. The van der Waals surface area contributed by atoms with Gasteiger partial charge < -0.3 is 15.4 Å². The second kappa shape index (κ2) is 10.8. The summed E-state index contributed by atoms with van der Waals surface area (Å²) in [6.07, 6.45) is 9.99. The number of carbonyl (C=O) groups excluding carboxylic acids is 1. The smallest absolute Gasteiger partial charge is 0.262 e. The number of Topliss-reactive ketones (excluding diaryl/α,β-unsaturated/α-hetero) is 1. The molecular formula is C28H33ClN6O3S. The Morgan fingerprint density at radius 2 is 1.90 bits per heavy atom. The van der Waals surface area contributed by atoms with Crippen molar-refractivity contribution in [1.29, 1.82) is 0 Å². The Bertz CT molecular complexity index is 1430. The summed E-state index contributed by atoms with van der Waals surface area (Å²) >= 11 is 8.15. The number of carbonyl (C=O) groups is 1. The maximum atomic E-state index is 13.4. The fourth-order valence-electron chi connectivity index (χ4n) is 6.15. The molecule has 1 aromatic carbocycles. The van der Waals surface area contributed by atoms with Crippen molar-refractivity contribution >= 4 is 45.9 Å². The molecule has 2 atom stereocenters. The van der Waals surface area contributed by atoms with Crippen LogP contribution in [0.2, 0.25) is 5.02 Å². The summed E-state index contributed by atoms with van der Waals surface area (Å²) in [7, 11) is 0. The summed E-state index contributed by atoms with van der Waals surface area (Å²) in [6, 6.07) is 3.76. The van der Waals surface area contributed by atoms with Crippen LogP contribution >= 0.6 is 23.4 Å². The molecule has 1 aliphatic carbocycles. The number of ketones is 1. The van der Waals surface area contributed by atoms with Crippen molar-refractivity contribution in [3.05, 3.63) is 46.2 Å². The molecule has 1 spiro atoms. The van der Waals surface area contributed by atoms with Gasteiger partial charge in [-0.25, -0.2) is 15.0 Å². The van der Waals surface area contributed by atoms with Gasteiger partial charge in [-0.3, -0.25) is 14.2 Å². The van der Waals surface area contributed by atoms with Crippen LogP contribution in [0.15, 0.2) is 45.6 Å². The van der Waals surface area contributed by atoms with Crippen molar-refractivity contribution in [2.45, 2.75) is 74.1 Å². The van der Waals surface area contributed by atoms with Crippen molar-refractivity contribution in [3.63, 3.8) is 0 Å². The van der Waals surface area contributed by atoms with E-state index in [4.69, 9.17) is 22.1 Å². The average molecular weight is 569 g/mol. The van der Waals surface area contributed by atoms with Crippen LogP contribution < -0.4 is 16.2 Å². The molecule has 3 aliphatic rings. The Morgan fingerprint density at radius 3 is 2.56 bits per heavy atom. The number of hydrogen-bond donors (Lipinski definition) is 1. The molecule has 9 nitrogen and oxygen atoms in total. The zero-order valence-corrected chi connectivity index (χ0v) is 23.6. The second-order valence-electron chi connectivity index (χ2n) is 11.2. The molecule has 3 aromatic rings. The quantitative estimate of drug-likeness (QED) is 0.486. The van der Waals surface area contributed by atoms with Gasteiger partial charge in [-0.05, 0) is 50.7 Å². The van der Waals surface area contributed by atoms with E-state index in [1.807, 2.05) is 12.1 Å². The van der Waals surface area contributed by atoms with E-state index in [0.29, 0.717) is 52.0 Å². The maximum Gasteiger partial charge on any atom is 0.262 e. The normalized spacial score (nSPS) is 23.7. The lowest BCUT2D eigenvalue weighted by molar-refractivity contribution is -0.121. The maximum absolute atomic E-state index is 13.4. The van der Waals surface area contributed by atoms with Gasteiger partial charge in [0.25, 0.3) is 5.56 Å². The molecule has 4 heterocycles. The zero-order chi connectivity index (χ0) is 27.1. The standard InChI is InChI=1S/C28H33ClN6O3S/c1-17-26(30)28(15-38-17)8-10-34(11-9-28)22-12-32-23(13-31-22)39-21-7-6-20-24(25(21)29)27(37)35(16-33-20)14-18-2-4-19(36)5-3-18/h6-7,12-13,16-18,26H,2-5,8-11,14-15,30H2,1H3/t17-,26+/m0/s1. The Balaban J connectivity index is 1.15. The number of piperidine rings is 1. The van der Waals surface area contributed by atoms with Crippen LogP contribution in [0.3, 0.4) is 0 Å². The van der Waals surface area contributed by atoms with Crippen molar-refractivity contribution in [1.82, 2.24) is 19.5 Å². The number of rotatable bonds is 5. The van der Waals surface area contributed by atoms with Crippen LogP contribution in [0.4, 0.5) is 5.82 Å². The number of halogens is 1. The largest absolute Gasteiger partial charge is 0.376 e. The van der Waals surface area contributed by atoms with Crippen LogP contribution in [-0.2, 0) is 16.1 Å². The van der Waals surface area contributed by atoms with Crippen LogP contribution in [0.1, 0.15) is 45.4 Å². The topological polar surface area (TPSA) is 116 Å². The van der Waals surface area contributed by atoms with E-state index in [-0.39, 0.29) is 23.1 Å². The summed E-state index contributed by atoms with van der Waals surface area (Å²) in [5.74, 6) is 1.44. The van der Waals surface area contributed by atoms with E-state index >= 15 is 0 Å². The van der Waals surface area contributed by atoms with Crippen LogP contribution in [0.5, 0.6) is 0 Å². The van der Waals surface area contributed by atoms with E-state index in [2.05, 4.69) is 26.8 Å². The highest BCUT2D eigenvalue weighted by Gasteiger charge is 2.47. The molecule has 1 saturated carbocycles. The van der Waals surface area contributed by atoms with Gasteiger partial charge in [-0.2, -0.15) is 0 Å². The minimum Gasteiger partial charge on any atom is -0.376 e. The Hall–Kier alpha value is -2.53. The number of nitrogens with zero attached hydrogens (tertiary/aromatic N) is 5. The summed E-state index contributed by atoms with van der Waals surface area (Å²) in [6.45, 7) is 5.09. The lowest BCUT2D eigenvalue weighted by Gasteiger charge is -2.41. The second-order valence-corrected chi connectivity index (χ2v) is 12.6. The van der Waals surface area contributed by atoms with Crippen molar-refractivity contribution < 1.29 is 9.53 Å². The van der Waals surface area contributed by atoms with Gasteiger partial charge in [-0.1, -0.05) is 23.4 Å². The fourth-order valence-corrected chi connectivity index (χ4v) is 7.27. The molecule has 0 amide bonds. The molecule has 0 unspecified atom stereocenters. The number of aromatic nitrogens is 4. The number of ether oxygens (including phenoxy) is 1. The molecule has 2 N–H and O–H groups in total. The molecule has 2 aromatic heterocycles. The van der Waals surface area contributed by atoms with E-state index in [1.54, 1.807) is 23.3 Å². The van der Waals surface area contributed by atoms with E-state index in [0.717, 1.165) is 56.1 Å². The van der Waals surface area contributed by atoms with Crippen LogP contribution in [0, 0.1) is 11.3 Å². The molecule has 6 rings (SSSR count). The van der Waals surface area contributed by atoms with Gasteiger partial charge in [0.05, 0.1) is 47.4 Å². The van der Waals surface area contributed by atoms with E-state index < -0.39 is 0 Å².